The number of rotatable bonds is 4. The number of carbonyl (C=O) groups excluding carboxylic acids is 1. The number of hydrogen-bond acceptors (Lipinski definition) is 2. The highest BCUT2D eigenvalue weighted by Gasteiger charge is 1.94. The maximum atomic E-state index is 11.2. The fraction of sp³-hybridized carbons (Fsp3) is 0.154. The van der Waals surface area contributed by atoms with Gasteiger partial charge in [-0.15, -0.1) is 0 Å². The number of ketones is 1. The summed E-state index contributed by atoms with van der Waals surface area (Å²) in [5.41, 5.74) is 1.04. The summed E-state index contributed by atoms with van der Waals surface area (Å²) >= 11 is 7.90. The molecule has 0 aliphatic carbocycles. The second kappa shape index (κ2) is 8.62. The molecule has 1 aromatic rings. The molecule has 88 valence electrons. The molecule has 4 heteroatoms. The Morgan fingerprint density at radius 2 is 2.35 bits per heavy atom. The van der Waals surface area contributed by atoms with E-state index in [4.69, 9.17) is 11.6 Å². The van der Waals surface area contributed by atoms with Crippen LogP contribution in [0.1, 0.15) is 18.4 Å². The van der Waals surface area contributed by atoms with Crippen molar-refractivity contribution >= 4 is 53.6 Å². The first-order chi connectivity index (χ1) is 8.22. The van der Waals surface area contributed by atoms with Crippen LogP contribution in [0.4, 0.5) is 0 Å². The average Bonchev–Trinajstić information content (AvgIpc) is 2.32. The molecule has 1 nitrogen and oxygen atoms in total. The molecule has 0 radical (unpaired) electrons. The molecule has 1 aromatic carbocycles. The van der Waals surface area contributed by atoms with Crippen molar-refractivity contribution in [1.29, 1.82) is 0 Å². The van der Waals surface area contributed by atoms with E-state index in [0.29, 0.717) is 17.9 Å². The minimum absolute atomic E-state index is 0.0232. The molecular formula is C13H10ClIOS. The van der Waals surface area contributed by atoms with Crippen LogP contribution in [-0.4, -0.2) is 5.78 Å². The van der Waals surface area contributed by atoms with Crippen LogP contribution < -0.4 is 0 Å². The van der Waals surface area contributed by atoms with Gasteiger partial charge in [-0.25, -0.2) is 0 Å². The number of Topliss-reactive ketones (excluding diaryl/α,β-unsaturated/α-hetero) is 1. The summed E-state index contributed by atoms with van der Waals surface area (Å²) in [5, 5.41) is 3.39. The van der Waals surface area contributed by atoms with E-state index in [1.807, 2.05) is 57.6 Å². The van der Waals surface area contributed by atoms with Crippen LogP contribution in [0.15, 0.2) is 30.3 Å². The molecule has 0 heterocycles. The van der Waals surface area contributed by atoms with Gasteiger partial charge in [-0.2, -0.15) is 0 Å². The third-order valence-corrected chi connectivity index (χ3v) is 3.00. The summed E-state index contributed by atoms with van der Waals surface area (Å²) in [6.45, 7) is 0. The Hall–Kier alpha value is -0.440. The van der Waals surface area contributed by atoms with Crippen molar-refractivity contribution in [1.82, 2.24) is 0 Å². The lowest BCUT2D eigenvalue weighted by Gasteiger charge is -1.93. The fourth-order valence-electron chi connectivity index (χ4n) is 1.18. The minimum Gasteiger partial charge on any atom is -0.285 e. The maximum absolute atomic E-state index is 11.2. The van der Waals surface area contributed by atoms with Gasteiger partial charge in [-0.3, -0.25) is 4.79 Å². The molecule has 0 aromatic heterocycles. The summed E-state index contributed by atoms with van der Waals surface area (Å²) in [7, 11) is 1.32. The lowest BCUT2D eigenvalue weighted by molar-refractivity contribution is -0.113. The van der Waals surface area contributed by atoms with E-state index in [2.05, 4.69) is 11.2 Å². The topological polar surface area (TPSA) is 17.1 Å². The molecule has 0 spiro atoms. The summed E-state index contributed by atoms with van der Waals surface area (Å²) in [6, 6.07) is 7.58. The summed E-state index contributed by atoms with van der Waals surface area (Å²) in [6.07, 6.45) is 5.08. The van der Waals surface area contributed by atoms with Gasteiger partial charge in [0.25, 0.3) is 0 Å². The van der Waals surface area contributed by atoms with Crippen molar-refractivity contribution in [2.75, 3.05) is 0 Å². The third-order valence-electron chi connectivity index (χ3n) is 1.93. The van der Waals surface area contributed by atoms with Crippen LogP contribution in [0.5, 0.6) is 0 Å². The lowest BCUT2D eigenvalue weighted by Crippen LogP contribution is -1.90. The van der Waals surface area contributed by atoms with Crippen LogP contribution >= 0.6 is 41.7 Å². The van der Waals surface area contributed by atoms with Crippen molar-refractivity contribution in [2.24, 2.45) is 0 Å². The van der Waals surface area contributed by atoms with Crippen LogP contribution in [0, 0.1) is 11.2 Å². The highest BCUT2D eigenvalue weighted by atomic mass is 127. The maximum Gasteiger partial charge on any atom is 0.206 e. The van der Waals surface area contributed by atoms with Gasteiger partial charge in [0.15, 0.2) is 0 Å². The first-order valence-electron chi connectivity index (χ1n) is 4.96. The zero-order chi connectivity index (χ0) is 12.5. The molecule has 0 saturated heterocycles. The molecule has 17 heavy (non-hydrogen) atoms. The Morgan fingerprint density at radius 3 is 3.06 bits per heavy atom. The van der Waals surface area contributed by atoms with E-state index in [0.717, 1.165) is 5.56 Å². The van der Waals surface area contributed by atoms with E-state index >= 15 is 0 Å². The van der Waals surface area contributed by atoms with E-state index in [9.17, 15) is 4.79 Å². The Balaban J connectivity index is 2.38. The van der Waals surface area contributed by atoms with Gasteiger partial charge in [0.1, 0.15) is 0 Å². The van der Waals surface area contributed by atoms with Gasteiger partial charge >= 0.3 is 0 Å². The van der Waals surface area contributed by atoms with Crippen molar-refractivity contribution in [3.63, 3.8) is 0 Å². The summed E-state index contributed by atoms with van der Waals surface area (Å²) < 4.78 is 0. The summed E-state index contributed by atoms with van der Waals surface area (Å²) in [5.74, 6) is 2.53. The Bertz CT molecular complexity index is 474. The SMILES string of the molecule is O=C(C#CSI)CC/C=C/c1cccc(Cl)c1. The van der Waals surface area contributed by atoms with E-state index in [1.165, 1.54) is 8.93 Å². The first kappa shape index (κ1) is 14.6. The minimum atomic E-state index is -0.0232. The molecule has 0 fully saturated rings. The van der Waals surface area contributed by atoms with Gasteiger partial charge in [0.05, 0.1) is 0 Å². The van der Waals surface area contributed by atoms with Crippen LogP contribution in [0.25, 0.3) is 6.08 Å². The van der Waals surface area contributed by atoms with Crippen molar-refractivity contribution in [3.8, 4) is 11.2 Å². The second-order valence-corrected chi connectivity index (χ2v) is 5.34. The van der Waals surface area contributed by atoms with Gasteiger partial charge in [0.2, 0.25) is 5.78 Å². The van der Waals surface area contributed by atoms with Gasteiger partial charge < -0.3 is 0 Å². The van der Waals surface area contributed by atoms with E-state index in [1.54, 1.807) is 0 Å². The largest absolute Gasteiger partial charge is 0.285 e. The smallest absolute Gasteiger partial charge is 0.206 e. The fourth-order valence-corrected chi connectivity index (χ4v) is 1.86. The summed E-state index contributed by atoms with van der Waals surface area (Å²) in [4.78, 5) is 11.2. The molecule has 0 amide bonds. The van der Waals surface area contributed by atoms with Crippen LogP contribution in [0.2, 0.25) is 5.02 Å². The molecule has 0 aliphatic heterocycles. The average molecular weight is 377 g/mol. The lowest BCUT2D eigenvalue weighted by atomic mass is 10.1. The highest BCUT2D eigenvalue weighted by molar-refractivity contribution is 14.2. The van der Waals surface area contributed by atoms with Crippen molar-refractivity contribution < 1.29 is 4.79 Å². The van der Waals surface area contributed by atoms with E-state index < -0.39 is 0 Å². The van der Waals surface area contributed by atoms with Gasteiger partial charge in [-0.05, 0) is 44.2 Å². The third kappa shape index (κ3) is 6.77. The predicted molar refractivity (Wildman–Crippen MR) is 84.1 cm³/mol. The zero-order valence-electron chi connectivity index (χ0n) is 8.95. The molecule has 0 N–H and O–H groups in total. The second-order valence-electron chi connectivity index (χ2n) is 3.22. The number of benzene rings is 1. The molecule has 0 unspecified atom stereocenters. The quantitative estimate of drug-likeness (QED) is 0.557. The van der Waals surface area contributed by atoms with Gasteiger partial charge in [0, 0.05) is 32.6 Å². The molecule has 1 rings (SSSR count). The van der Waals surface area contributed by atoms with Crippen LogP contribution in [-0.2, 0) is 4.79 Å². The molecule has 0 aliphatic rings. The number of allylic oxidation sites excluding steroid dienone is 1. The van der Waals surface area contributed by atoms with E-state index in [-0.39, 0.29) is 5.78 Å². The van der Waals surface area contributed by atoms with Crippen molar-refractivity contribution in [3.05, 3.63) is 40.9 Å². The Kier molecular flexibility index (Phi) is 7.41. The number of hydrogen-bond donors (Lipinski definition) is 0. The monoisotopic (exact) mass is 376 g/mol. The molecular weight excluding hydrogens is 367 g/mol. The standard InChI is InChI=1S/C13H10ClIOS/c14-12-6-3-5-11(10-12)4-1-2-7-13(16)8-9-17-15/h1,3-6,10H,2,7H2/b4-1+. The zero-order valence-corrected chi connectivity index (χ0v) is 12.7. The number of carbonyl (C=O) groups is 1. The molecule has 0 atom stereocenters. The number of halogens is 2. The Labute approximate surface area is 123 Å². The van der Waals surface area contributed by atoms with Crippen LogP contribution in [0.3, 0.4) is 0 Å². The van der Waals surface area contributed by atoms with Crippen molar-refractivity contribution in [2.45, 2.75) is 12.8 Å². The highest BCUT2D eigenvalue weighted by Crippen LogP contribution is 2.12. The normalized spacial score (nSPS) is 10.0. The molecule has 0 saturated carbocycles. The first-order valence-corrected chi connectivity index (χ1v) is 8.69. The molecule has 0 bridgehead atoms. The Morgan fingerprint density at radius 1 is 1.53 bits per heavy atom. The predicted octanol–water partition coefficient (Wildman–Crippen LogP) is 4.75. The van der Waals surface area contributed by atoms with Gasteiger partial charge in [-0.1, -0.05) is 35.9 Å².